The van der Waals surface area contributed by atoms with E-state index in [0.29, 0.717) is 0 Å². The van der Waals surface area contributed by atoms with E-state index in [-0.39, 0.29) is 0 Å². The van der Waals surface area contributed by atoms with E-state index in [1.807, 2.05) is 5.32 Å². The van der Waals surface area contributed by atoms with Gasteiger partial charge in [-0.25, -0.2) is 0 Å². The van der Waals surface area contributed by atoms with Gasteiger partial charge in [-0.3, -0.25) is 28.8 Å². The second-order valence-corrected chi connectivity index (χ2v) is 5.35. The molecule has 13 nitrogen and oxygen atoms in total. The highest BCUT2D eigenvalue weighted by atomic mass is 16.4. The van der Waals surface area contributed by atoms with Gasteiger partial charge < -0.3 is 38.3 Å². The van der Waals surface area contributed by atoms with Crippen molar-refractivity contribution in [3.63, 3.8) is 0 Å². The van der Waals surface area contributed by atoms with E-state index >= 15 is 0 Å². The van der Waals surface area contributed by atoms with E-state index in [1.54, 1.807) is 0 Å². The van der Waals surface area contributed by atoms with Crippen molar-refractivity contribution < 1.29 is 33.9 Å². The van der Waals surface area contributed by atoms with Crippen LogP contribution in [0.25, 0.3) is 0 Å². The third kappa shape index (κ3) is 9.17. The minimum Gasteiger partial charge on any atom is -0.480 e. The maximum atomic E-state index is 12.1. The first-order valence-electron chi connectivity index (χ1n) is 7.36. The van der Waals surface area contributed by atoms with Crippen molar-refractivity contribution in [3.05, 3.63) is 0 Å². The Morgan fingerprint density at radius 2 is 1.42 bits per heavy atom. The summed E-state index contributed by atoms with van der Waals surface area (Å²) in [4.78, 5) is 67.9. The van der Waals surface area contributed by atoms with E-state index in [1.165, 1.54) is 6.92 Å². The maximum absolute atomic E-state index is 12.1. The van der Waals surface area contributed by atoms with Gasteiger partial charge in [0, 0.05) is 0 Å². The van der Waals surface area contributed by atoms with Gasteiger partial charge in [-0.05, 0) is 6.92 Å². The van der Waals surface area contributed by atoms with Gasteiger partial charge in [-0.1, -0.05) is 0 Å². The summed E-state index contributed by atoms with van der Waals surface area (Å²) in [5.41, 5.74) is 15.4. The summed E-state index contributed by atoms with van der Waals surface area (Å²) in [5.74, 6) is -5.69. The van der Waals surface area contributed by atoms with Gasteiger partial charge >= 0.3 is 5.97 Å². The van der Waals surface area contributed by atoms with Crippen LogP contribution in [0.15, 0.2) is 0 Å². The zero-order valence-electron chi connectivity index (χ0n) is 14.0. The summed E-state index contributed by atoms with van der Waals surface area (Å²) in [6.07, 6.45) is -1.07. The topological polar surface area (TPSA) is 237 Å². The number of nitrogens with two attached hydrogens (primary N) is 3. The van der Waals surface area contributed by atoms with Crippen molar-refractivity contribution in [1.82, 2.24) is 16.0 Å². The van der Waals surface area contributed by atoms with Crippen LogP contribution in [0.2, 0.25) is 0 Å². The average molecular weight is 374 g/mol. The minimum absolute atomic E-state index is 0.481. The molecular formula is C13H22N6O7. The molecule has 0 aromatic carbocycles. The third-order valence-electron chi connectivity index (χ3n) is 2.96. The molecule has 0 saturated heterocycles. The molecule has 0 aromatic rings. The lowest BCUT2D eigenvalue weighted by molar-refractivity contribution is -0.138. The van der Waals surface area contributed by atoms with Crippen molar-refractivity contribution in [1.29, 1.82) is 0 Å². The minimum atomic E-state index is -1.45. The van der Waals surface area contributed by atoms with Gasteiger partial charge in [0.2, 0.25) is 29.5 Å². The van der Waals surface area contributed by atoms with Crippen LogP contribution in [0.3, 0.4) is 0 Å². The van der Waals surface area contributed by atoms with Crippen LogP contribution in [0.4, 0.5) is 0 Å². The Bertz CT molecular complexity index is 594. The number of nitrogens with one attached hydrogen (secondary N) is 3. The molecule has 3 unspecified atom stereocenters. The number of carboxylic acid groups (broad SMARTS) is 1. The number of hydrogen-bond acceptors (Lipinski definition) is 7. The van der Waals surface area contributed by atoms with Crippen molar-refractivity contribution in [2.45, 2.75) is 37.9 Å². The molecule has 0 spiro atoms. The highest BCUT2D eigenvalue weighted by molar-refractivity contribution is 5.96. The zero-order chi connectivity index (χ0) is 20.4. The Morgan fingerprint density at radius 3 is 1.88 bits per heavy atom. The second kappa shape index (κ2) is 10.6. The zero-order valence-corrected chi connectivity index (χ0v) is 14.0. The van der Waals surface area contributed by atoms with Crippen LogP contribution >= 0.6 is 0 Å². The Labute approximate surface area is 148 Å². The Kier molecular flexibility index (Phi) is 9.29. The molecule has 0 heterocycles. The quantitative estimate of drug-likeness (QED) is 0.185. The number of carbonyl (C=O) groups is 6. The SMILES string of the molecule is CC(NC(=O)C(CC(N)=O)NC(=O)C(N)CC(N)=O)C(=O)NCC(=O)O. The largest absolute Gasteiger partial charge is 0.480 e. The Hall–Kier alpha value is -3.22. The molecule has 146 valence electrons. The number of aliphatic carboxylic acids is 1. The molecular weight excluding hydrogens is 352 g/mol. The van der Waals surface area contributed by atoms with Gasteiger partial charge in [0.05, 0.1) is 18.9 Å². The number of rotatable bonds is 11. The number of primary amides is 2. The number of hydrogen-bond donors (Lipinski definition) is 7. The molecule has 0 aromatic heterocycles. The lowest BCUT2D eigenvalue weighted by Crippen LogP contribution is -2.56. The normalized spacial score (nSPS) is 13.6. The van der Waals surface area contributed by atoms with E-state index in [2.05, 4.69) is 10.6 Å². The first-order chi connectivity index (χ1) is 11.9. The fourth-order valence-electron chi connectivity index (χ4n) is 1.69. The second-order valence-electron chi connectivity index (χ2n) is 5.35. The lowest BCUT2D eigenvalue weighted by atomic mass is 10.1. The summed E-state index contributed by atoms with van der Waals surface area (Å²) >= 11 is 0. The number of carboxylic acids is 1. The molecule has 0 aliphatic heterocycles. The van der Waals surface area contributed by atoms with Crippen LogP contribution in [0.5, 0.6) is 0 Å². The first-order valence-corrected chi connectivity index (χ1v) is 7.36. The summed E-state index contributed by atoms with van der Waals surface area (Å²) in [7, 11) is 0. The molecule has 0 aliphatic rings. The summed E-state index contributed by atoms with van der Waals surface area (Å²) in [6.45, 7) is 0.611. The number of carbonyl (C=O) groups excluding carboxylic acids is 5. The van der Waals surface area contributed by atoms with Crippen LogP contribution in [-0.2, 0) is 28.8 Å². The maximum Gasteiger partial charge on any atom is 0.322 e. The molecule has 0 radical (unpaired) electrons. The third-order valence-corrected chi connectivity index (χ3v) is 2.96. The molecule has 13 heteroatoms. The summed E-state index contributed by atoms with van der Waals surface area (Å²) < 4.78 is 0. The van der Waals surface area contributed by atoms with E-state index in [9.17, 15) is 28.8 Å². The van der Waals surface area contributed by atoms with E-state index in [0.717, 1.165) is 0 Å². The fourth-order valence-corrected chi connectivity index (χ4v) is 1.69. The number of amides is 5. The van der Waals surface area contributed by atoms with Crippen molar-refractivity contribution in [2.75, 3.05) is 6.54 Å². The molecule has 5 amide bonds. The molecule has 0 aliphatic carbocycles. The van der Waals surface area contributed by atoms with Gasteiger partial charge in [0.25, 0.3) is 0 Å². The molecule has 3 atom stereocenters. The smallest absolute Gasteiger partial charge is 0.322 e. The monoisotopic (exact) mass is 374 g/mol. The van der Waals surface area contributed by atoms with Crippen molar-refractivity contribution in [3.8, 4) is 0 Å². The first kappa shape index (κ1) is 22.8. The van der Waals surface area contributed by atoms with Crippen LogP contribution in [-0.4, -0.2) is 65.3 Å². The molecule has 0 saturated carbocycles. The molecule has 0 rings (SSSR count). The van der Waals surface area contributed by atoms with Crippen LogP contribution in [0, 0.1) is 0 Å². The van der Waals surface area contributed by atoms with Crippen molar-refractivity contribution in [2.24, 2.45) is 17.2 Å². The highest BCUT2D eigenvalue weighted by Crippen LogP contribution is 1.97. The lowest BCUT2D eigenvalue weighted by Gasteiger charge is -2.21. The van der Waals surface area contributed by atoms with Gasteiger partial charge in [0.1, 0.15) is 18.6 Å². The Balaban J connectivity index is 4.90. The standard InChI is InChI=1S/C13H22N6O7/c1-5(11(24)17-4-10(22)23)18-13(26)7(3-9(16)21)19-12(25)6(14)2-8(15)20/h5-7H,2-4,14H2,1H3,(H2,15,20)(H2,16,21)(H,17,24)(H,18,26)(H,19,25)(H,22,23). The highest BCUT2D eigenvalue weighted by Gasteiger charge is 2.28. The van der Waals surface area contributed by atoms with Crippen molar-refractivity contribution >= 4 is 35.5 Å². The predicted octanol–water partition coefficient (Wildman–Crippen LogP) is -4.75. The summed E-state index contributed by atoms with van der Waals surface area (Å²) in [6, 6.07) is -3.95. The van der Waals surface area contributed by atoms with Gasteiger partial charge in [0.15, 0.2) is 0 Å². The van der Waals surface area contributed by atoms with E-state index < -0.39 is 73.0 Å². The molecule has 0 bridgehead atoms. The fraction of sp³-hybridized carbons (Fsp3) is 0.538. The summed E-state index contributed by atoms with van der Waals surface area (Å²) in [5, 5.41) is 14.9. The van der Waals surface area contributed by atoms with Gasteiger partial charge in [-0.15, -0.1) is 0 Å². The molecule has 26 heavy (non-hydrogen) atoms. The van der Waals surface area contributed by atoms with Crippen LogP contribution < -0.4 is 33.2 Å². The van der Waals surface area contributed by atoms with Crippen LogP contribution in [0.1, 0.15) is 19.8 Å². The van der Waals surface area contributed by atoms with Gasteiger partial charge in [-0.2, -0.15) is 0 Å². The molecule has 0 fully saturated rings. The Morgan fingerprint density at radius 1 is 0.885 bits per heavy atom. The van der Waals surface area contributed by atoms with E-state index in [4.69, 9.17) is 22.3 Å². The molecule has 10 N–H and O–H groups in total. The predicted molar refractivity (Wildman–Crippen MR) is 85.8 cm³/mol. The average Bonchev–Trinajstić information content (AvgIpc) is 2.50.